The molecule has 0 saturated carbocycles. The Morgan fingerprint density at radius 1 is 1.03 bits per heavy atom. The van der Waals surface area contributed by atoms with Crippen LogP contribution in [0, 0.1) is 0 Å². The second-order valence-corrected chi connectivity index (χ2v) is 9.97. The first-order valence-electron chi connectivity index (χ1n) is 11.3. The molecule has 1 heterocycles. The van der Waals surface area contributed by atoms with Gasteiger partial charge in [0.25, 0.3) is 0 Å². The lowest BCUT2D eigenvalue weighted by Crippen LogP contribution is -2.30. The van der Waals surface area contributed by atoms with E-state index in [9.17, 15) is 13.2 Å². The lowest BCUT2D eigenvalue weighted by Gasteiger charge is -2.19. The molecule has 0 aliphatic carbocycles. The van der Waals surface area contributed by atoms with Gasteiger partial charge in [0, 0.05) is 25.0 Å². The summed E-state index contributed by atoms with van der Waals surface area (Å²) in [5, 5.41) is 20.9. The number of anilines is 1. The zero-order valence-electron chi connectivity index (χ0n) is 19.2. The molecular formula is C23H33N5O4S2. The molecule has 0 amide bonds. The molecule has 2 rings (SSSR count). The predicted molar refractivity (Wildman–Crippen MR) is 137 cm³/mol. The van der Waals surface area contributed by atoms with Crippen LogP contribution < -0.4 is 15.8 Å². The zero-order valence-corrected chi connectivity index (χ0v) is 20.8. The number of pyridine rings is 1. The molecule has 1 aromatic carbocycles. The SMILES string of the molecule is NS(=O)(=O)c1ccc(NC(=S)NCCCCCCCCN(CC(=O)O)Cc2ccccn2)cc1. The summed E-state index contributed by atoms with van der Waals surface area (Å²) in [6.45, 7) is 2.05. The fraction of sp³-hybridized carbons (Fsp3) is 0.435. The van der Waals surface area contributed by atoms with E-state index in [1.807, 2.05) is 23.1 Å². The molecule has 0 fully saturated rings. The van der Waals surface area contributed by atoms with E-state index >= 15 is 0 Å². The lowest BCUT2D eigenvalue weighted by atomic mass is 10.1. The smallest absolute Gasteiger partial charge is 0.317 e. The highest BCUT2D eigenvalue weighted by Gasteiger charge is 2.11. The summed E-state index contributed by atoms with van der Waals surface area (Å²) in [5.74, 6) is -0.823. The van der Waals surface area contributed by atoms with Gasteiger partial charge in [-0.3, -0.25) is 14.7 Å². The number of rotatable bonds is 15. The summed E-state index contributed by atoms with van der Waals surface area (Å²) < 4.78 is 22.6. The summed E-state index contributed by atoms with van der Waals surface area (Å²) >= 11 is 5.26. The maximum absolute atomic E-state index is 11.3. The Hall–Kier alpha value is -2.60. The van der Waals surface area contributed by atoms with Crippen molar-refractivity contribution in [2.45, 2.75) is 50.0 Å². The van der Waals surface area contributed by atoms with E-state index in [1.54, 1.807) is 18.3 Å². The molecular weight excluding hydrogens is 474 g/mol. The van der Waals surface area contributed by atoms with Gasteiger partial charge < -0.3 is 15.7 Å². The normalized spacial score (nSPS) is 11.4. The van der Waals surface area contributed by atoms with E-state index < -0.39 is 16.0 Å². The number of carbonyl (C=O) groups is 1. The van der Waals surface area contributed by atoms with E-state index in [4.69, 9.17) is 22.5 Å². The van der Waals surface area contributed by atoms with Crippen molar-refractivity contribution in [3.05, 3.63) is 54.4 Å². The second-order valence-electron chi connectivity index (χ2n) is 8.00. The molecule has 0 saturated heterocycles. The number of sulfonamides is 1. The van der Waals surface area contributed by atoms with Crippen LogP contribution in [0.25, 0.3) is 0 Å². The number of nitrogens with two attached hydrogens (primary N) is 1. The van der Waals surface area contributed by atoms with E-state index in [1.165, 1.54) is 12.1 Å². The first-order chi connectivity index (χ1) is 16.2. The Bertz CT molecular complexity index is 1000. The summed E-state index contributed by atoms with van der Waals surface area (Å²) in [6.07, 6.45) is 8.00. The minimum absolute atomic E-state index is 0.0203. The van der Waals surface area contributed by atoms with Gasteiger partial charge in [-0.15, -0.1) is 0 Å². The van der Waals surface area contributed by atoms with Gasteiger partial charge in [-0.2, -0.15) is 0 Å². The molecule has 0 aliphatic heterocycles. The van der Waals surface area contributed by atoms with Crippen LogP contribution in [0.3, 0.4) is 0 Å². The number of benzene rings is 1. The van der Waals surface area contributed by atoms with Crippen molar-refractivity contribution in [2.24, 2.45) is 5.14 Å². The molecule has 2 aromatic rings. The first kappa shape index (κ1) is 27.6. The predicted octanol–water partition coefficient (Wildman–Crippen LogP) is 2.94. The second kappa shape index (κ2) is 14.6. The standard InChI is InChI=1S/C23H33N5O4S2/c24-34(31,32)21-12-10-19(11-13-21)27-23(33)26-15-6-3-1-2-4-8-16-28(18-22(29)30)17-20-9-5-7-14-25-20/h5,7,9-14H,1-4,6,8,15-18H2,(H,29,30)(H2,24,31,32)(H2,26,27,33). The Morgan fingerprint density at radius 2 is 1.71 bits per heavy atom. The molecule has 0 atom stereocenters. The zero-order chi connectivity index (χ0) is 24.8. The number of nitrogens with one attached hydrogen (secondary N) is 2. The number of unbranched alkanes of at least 4 members (excludes halogenated alkanes) is 5. The van der Waals surface area contributed by atoms with Gasteiger partial charge in [-0.1, -0.05) is 31.7 Å². The largest absolute Gasteiger partial charge is 0.480 e. The summed E-state index contributed by atoms with van der Waals surface area (Å²) in [6, 6.07) is 11.8. The van der Waals surface area contributed by atoms with E-state index in [2.05, 4.69) is 15.6 Å². The molecule has 0 unspecified atom stereocenters. The number of primary sulfonamides is 1. The van der Waals surface area contributed by atoms with E-state index in [0.717, 1.165) is 57.3 Å². The van der Waals surface area contributed by atoms with Crippen LogP contribution in [0.1, 0.15) is 44.2 Å². The Kier molecular flexibility index (Phi) is 11.9. The lowest BCUT2D eigenvalue weighted by molar-refractivity contribution is -0.138. The molecule has 11 heteroatoms. The number of aliphatic carboxylic acids is 1. The van der Waals surface area contributed by atoms with Crippen LogP contribution >= 0.6 is 12.2 Å². The van der Waals surface area contributed by atoms with Crippen molar-refractivity contribution in [1.82, 2.24) is 15.2 Å². The first-order valence-corrected chi connectivity index (χ1v) is 13.2. The quantitative estimate of drug-likeness (QED) is 0.212. The van der Waals surface area contributed by atoms with E-state index in [0.29, 0.717) is 17.3 Å². The molecule has 0 spiro atoms. The molecule has 5 N–H and O–H groups in total. The van der Waals surface area contributed by atoms with Crippen LogP contribution in [-0.2, 0) is 21.4 Å². The van der Waals surface area contributed by atoms with Gasteiger partial charge in [0.2, 0.25) is 10.0 Å². The number of carboxylic acids is 1. The van der Waals surface area contributed by atoms with Crippen LogP contribution in [0.15, 0.2) is 53.6 Å². The van der Waals surface area contributed by atoms with Crippen LogP contribution in [0.4, 0.5) is 5.69 Å². The number of hydrogen-bond donors (Lipinski definition) is 4. The van der Waals surface area contributed by atoms with Gasteiger partial charge in [0.1, 0.15) is 0 Å². The highest BCUT2D eigenvalue weighted by atomic mass is 32.2. The van der Waals surface area contributed by atoms with Crippen molar-refractivity contribution in [3.8, 4) is 0 Å². The van der Waals surface area contributed by atoms with Gasteiger partial charge >= 0.3 is 5.97 Å². The third kappa shape index (κ3) is 11.5. The molecule has 0 bridgehead atoms. The summed E-state index contributed by atoms with van der Waals surface area (Å²) in [5.41, 5.74) is 1.56. The third-order valence-electron chi connectivity index (χ3n) is 5.10. The van der Waals surface area contributed by atoms with E-state index in [-0.39, 0.29) is 11.4 Å². The molecule has 34 heavy (non-hydrogen) atoms. The van der Waals surface area contributed by atoms with Gasteiger partial charge in [0.05, 0.1) is 17.1 Å². The number of hydrogen-bond acceptors (Lipinski definition) is 6. The average Bonchev–Trinajstić information content (AvgIpc) is 2.78. The van der Waals surface area contributed by atoms with Crippen LogP contribution in [0.2, 0.25) is 0 Å². The molecule has 0 aliphatic rings. The number of carboxylic acid groups (broad SMARTS) is 1. The van der Waals surface area contributed by atoms with Crippen LogP contribution in [-0.4, -0.2) is 54.1 Å². The summed E-state index contributed by atoms with van der Waals surface area (Å²) in [4.78, 5) is 17.4. The van der Waals surface area contributed by atoms with Gasteiger partial charge in [-0.05, 0) is 68.0 Å². The Balaban J connectivity index is 1.53. The highest BCUT2D eigenvalue weighted by molar-refractivity contribution is 7.89. The molecule has 1 aromatic heterocycles. The average molecular weight is 508 g/mol. The minimum Gasteiger partial charge on any atom is -0.480 e. The fourth-order valence-corrected chi connectivity index (χ4v) is 4.13. The van der Waals surface area contributed by atoms with Gasteiger partial charge in [0.15, 0.2) is 5.11 Å². The van der Waals surface area contributed by atoms with Crippen molar-refractivity contribution >= 4 is 39.0 Å². The molecule has 0 radical (unpaired) electrons. The molecule has 9 nitrogen and oxygen atoms in total. The van der Waals surface area contributed by atoms with Crippen LogP contribution in [0.5, 0.6) is 0 Å². The summed E-state index contributed by atoms with van der Waals surface area (Å²) in [7, 11) is -3.70. The monoisotopic (exact) mass is 507 g/mol. The Morgan fingerprint density at radius 3 is 2.32 bits per heavy atom. The van der Waals surface area contributed by atoms with Gasteiger partial charge in [-0.25, -0.2) is 13.6 Å². The maximum atomic E-state index is 11.3. The third-order valence-corrected chi connectivity index (χ3v) is 6.27. The topological polar surface area (TPSA) is 138 Å². The van der Waals surface area contributed by atoms with Crippen molar-refractivity contribution in [2.75, 3.05) is 25.0 Å². The number of aromatic nitrogens is 1. The van der Waals surface area contributed by atoms with Crippen molar-refractivity contribution in [1.29, 1.82) is 0 Å². The number of thiocarbonyl (C=S) groups is 1. The molecule has 186 valence electrons. The highest BCUT2D eigenvalue weighted by Crippen LogP contribution is 2.13. The maximum Gasteiger partial charge on any atom is 0.317 e. The number of nitrogens with zero attached hydrogens (tertiary/aromatic N) is 2. The minimum atomic E-state index is -3.70. The van der Waals surface area contributed by atoms with Crippen molar-refractivity contribution in [3.63, 3.8) is 0 Å². The van der Waals surface area contributed by atoms with Crippen molar-refractivity contribution < 1.29 is 18.3 Å². The fourth-order valence-electron chi connectivity index (χ4n) is 3.40. The Labute approximate surface area is 206 Å².